The minimum atomic E-state index is -0.0619. The Hall–Kier alpha value is -1.13. The molecule has 1 aromatic rings. The number of ether oxygens (including phenoxy) is 1. The van der Waals surface area contributed by atoms with Crippen LogP contribution in [0.25, 0.3) is 0 Å². The Balaban J connectivity index is 2.46. The molecule has 1 aliphatic rings. The molecular formula is C10H14N2O2. The number of nitrogens with one attached hydrogen (secondary N) is 1. The van der Waals surface area contributed by atoms with E-state index in [9.17, 15) is 4.79 Å². The van der Waals surface area contributed by atoms with E-state index >= 15 is 0 Å². The number of rotatable bonds is 1. The molecule has 3 N–H and O–H groups in total. The molecule has 0 saturated carbocycles. The van der Waals surface area contributed by atoms with Crippen molar-refractivity contribution >= 4 is 0 Å². The summed E-state index contributed by atoms with van der Waals surface area (Å²) in [5.74, 6) is 0. The third-order valence-electron chi connectivity index (χ3n) is 2.52. The fourth-order valence-corrected chi connectivity index (χ4v) is 1.72. The number of nitrogens with two attached hydrogens (primary N) is 1. The first kappa shape index (κ1) is 9.43. The van der Waals surface area contributed by atoms with Crippen LogP contribution in [0.3, 0.4) is 0 Å². The second-order valence-electron chi connectivity index (χ2n) is 3.44. The SMILES string of the molecule is NCc1cc2c([nH]c1=O)CCOCC2. The van der Waals surface area contributed by atoms with Crippen molar-refractivity contribution in [3.8, 4) is 0 Å². The normalized spacial score (nSPS) is 16.1. The van der Waals surface area contributed by atoms with Gasteiger partial charge in [-0.05, 0) is 18.1 Å². The minimum absolute atomic E-state index is 0.0619. The molecule has 4 heteroatoms. The molecule has 0 radical (unpaired) electrons. The van der Waals surface area contributed by atoms with E-state index in [1.165, 1.54) is 5.56 Å². The van der Waals surface area contributed by atoms with Crippen LogP contribution >= 0.6 is 0 Å². The van der Waals surface area contributed by atoms with E-state index in [0.29, 0.717) is 18.7 Å². The van der Waals surface area contributed by atoms with E-state index in [4.69, 9.17) is 10.5 Å². The van der Waals surface area contributed by atoms with Crippen molar-refractivity contribution in [3.63, 3.8) is 0 Å². The highest BCUT2D eigenvalue weighted by Crippen LogP contribution is 2.11. The van der Waals surface area contributed by atoms with E-state index in [1.807, 2.05) is 6.07 Å². The molecule has 0 unspecified atom stereocenters. The van der Waals surface area contributed by atoms with Gasteiger partial charge in [0.1, 0.15) is 0 Å². The fraction of sp³-hybridized carbons (Fsp3) is 0.500. The summed E-state index contributed by atoms with van der Waals surface area (Å²) in [5.41, 5.74) is 8.24. The van der Waals surface area contributed by atoms with Gasteiger partial charge in [0.15, 0.2) is 0 Å². The van der Waals surface area contributed by atoms with Crippen molar-refractivity contribution in [1.82, 2.24) is 4.98 Å². The van der Waals surface area contributed by atoms with Gasteiger partial charge in [-0.1, -0.05) is 0 Å². The molecule has 1 aromatic heterocycles. The largest absolute Gasteiger partial charge is 0.381 e. The Kier molecular flexibility index (Phi) is 2.65. The maximum Gasteiger partial charge on any atom is 0.252 e. The molecule has 2 rings (SSSR count). The first-order chi connectivity index (χ1) is 6.81. The molecule has 0 aliphatic carbocycles. The maximum absolute atomic E-state index is 11.5. The summed E-state index contributed by atoms with van der Waals surface area (Å²) in [6, 6.07) is 1.91. The summed E-state index contributed by atoms with van der Waals surface area (Å²) in [6.45, 7) is 1.71. The molecule has 1 aliphatic heterocycles. The summed E-state index contributed by atoms with van der Waals surface area (Å²) < 4.78 is 5.34. The zero-order valence-electron chi connectivity index (χ0n) is 8.01. The van der Waals surface area contributed by atoms with Crippen LogP contribution < -0.4 is 11.3 Å². The lowest BCUT2D eigenvalue weighted by atomic mass is 10.1. The van der Waals surface area contributed by atoms with Crippen LogP contribution in [0.2, 0.25) is 0 Å². The molecule has 76 valence electrons. The lowest BCUT2D eigenvalue weighted by Crippen LogP contribution is -2.19. The number of H-pyrrole nitrogens is 1. The Bertz CT molecular complexity index is 384. The maximum atomic E-state index is 11.5. The molecule has 0 aromatic carbocycles. The topological polar surface area (TPSA) is 68.1 Å². The van der Waals surface area contributed by atoms with Crippen LogP contribution in [0.5, 0.6) is 0 Å². The zero-order chi connectivity index (χ0) is 9.97. The smallest absolute Gasteiger partial charge is 0.252 e. The van der Waals surface area contributed by atoms with Gasteiger partial charge >= 0.3 is 0 Å². The second kappa shape index (κ2) is 3.94. The van der Waals surface area contributed by atoms with Gasteiger partial charge in [-0.2, -0.15) is 0 Å². The Labute approximate surface area is 82.1 Å². The molecule has 0 bridgehead atoms. The highest BCUT2D eigenvalue weighted by Gasteiger charge is 2.10. The van der Waals surface area contributed by atoms with E-state index in [1.54, 1.807) is 0 Å². The van der Waals surface area contributed by atoms with Crippen LogP contribution in [0.15, 0.2) is 10.9 Å². The number of fused-ring (bicyclic) bond motifs is 1. The standard InChI is InChI=1S/C10H14N2O2/c11-6-8-5-7-1-3-14-4-2-9(7)12-10(8)13/h5H,1-4,6,11H2,(H,12,13). The molecule has 4 nitrogen and oxygen atoms in total. The average molecular weight is 194 g/mol. The van der Waals surface area contributed by atoms with Crippen LogP contribution in [0.4, 0.5) is 0 Å². The quantitative estimate of drug-likeness (QED) is 0.658. The van der Waals surface area contributed by atoms with Crippen molar-refractivity contribution in [2.24, 2.45) is 5.73 Å². The lowest BCUT2D eigenvalue weighted by molar-refractivity contribution is 0.146. The molecule has 14 heavy (non-hydrogen) atoms. The van der Waals surface area contributed by atoms with Gasteiger partial charge in [0, 0.05) is 24.2 Å². The van der Waals surface area contributed by atoms with Gasteiger partial charge < -0.3 is 15.5 Å². The summed E-state index contributed by atoms with van der Waals surface area (Å²) >= 11 is 0. The Morgan fingerprint density at radius 1 is 1.43 bits per heavy atom. The van der Waals surface area contributed by atoms with E-state index < -0.39 is 0 Å². The predicted molar refractivity (Wildman–Crippen MR) is 53.2 cm³/mol. The number of aromatic nitrogens is 1. The van der Waals surface area contributed by atoms with Crippen LogP contribution in [-0.4, -0.2) is 18.2 Å². The van der Waals surface area contributed by atoms with Crippen molar-refractivity contribution in [1.29, 1.82) is 0 Å². The van der Waals surface area contributed by atoms with Gasteiger partial charge in [-0.25, -0.2) is 0 Å². The number of pyridine rings is 1. The molecule has 0 amide bonds. The molecule has 0 saturated heterocycles. The van der Waals surface area contributed by atoms with E-state index in [0.717, 1.165) is 25.1 Å². The van der Waals surface area contributed by atoms with E-state index in [-0.39, 0.29) is 5.56 Å². The first-order valence-corrected chi connectivity index (χ1v) is 4.83. The summed E-state index contributed by atoms with van der Waals surface area (Å²) in [5, 5.41) is 0. The number of aromatic amines is 1. The molecular weight excluding hydrogens is 180 g/mol. The number of hydrogen-bond acceptors (Lipinski definition) is 3. The van der Waals surface area contributed by atoms with Crippen LogP contribution in [0.1, 0.15) is 16.8 Å². The third kappa shape index (κ3) is 1.71. The second-order valence-corrected chi connectivity index (χ2v) is 3.44. The van der Waals surface area contributed by atoms with Crippen molar-refractivity contribution < 1.29 is 4.74 Å². The lowest BCUT2D eigenvalue weighted by Gasteiger charge is -2.05. The third-order valence-corrected chi connectivity index (χ3v) is 2.52. The fourth-order valence-electron chi connectivity index (χ4n) is 1.72. The van der Waals surface area contributed by atoms with E-state index in [2.05, 4.69) is 4.98 Å². The summed E-state index contributed by atoms with van der Waals surface area (Å²) in [7, 11) is 0. The molecule has 0 atom stereocenters. The van der Waals surface area contributed by atoms with Gasteiger partial charge in [-0.15, -0.1) is 0 Å². The molecule has 0 spiro atoms. The minimum Gasteiger partial charge on any atom is -0.381 e. The summed E-state index contributed by atoms with van der Waals surface area (Å²) in [4.78, 5) is 14.3. The van der Waals surface area contributed by atoms with Crippen LogP contribution in [-0.2, 0) is 24.1 Å². The van der Waals surface area contributed by atoms with Gasteiger partial charge in [0.25, 0.3) is 5.56 Å². The van der Waals surface area contributed by atoms with Crippen molar-refractivity contribution in [3.05, 3.63) is 33.2 Å². The highest BCUT2D eigenvalue weighted by atomic mass is 16.5. The molecule has 0 fully saturated rings. The van der Waals surface area contributed by atoms with Gasteiger partial charge in [0.05, 0.1) is 13.2 Å². The predicted octanol–water partition coefficient (Wildman–Crippen LogP) is -0.0512. The summed E-state index contributed by atoms with van der Waals surface area (Å²) in [6.07, 6.45) is 1.65. The van der Waals surface area contributed by atoms with Gasteiger partial charge in [0.2, 0.25) is 0 Å². The first-order valence-electron chi connectivity index (χ1n) is 4.83. The van der Waals surface area contributed by atoms with Crippen molar-refractivity contribution in [2.75, 3.05) is 13.2 Å². The monoisotopic (exact) mass is 194 g/mol. The average Bonchev–Trinajstić information content (AvgIpc) is 2.41. The Morgan fingerprint density at radius 3 is 3.00 bits per heavy atom. The molecule has 2 heterocycles. The zero-order valence-corrected chi connectivity index (χ0v) is 8.01. The van der Waals surface area contributed by atoms with Crippen molar-refractivity contribution in [2.45, 2.75) is 19.4 Å². The number of hydrogen-bond donors (Lipinski definition) is 2. The van der Waals surface area contributed by atoms with Crippen LogP contribution in [0, 0.1) is 0 Å². The van der Waals surface area contributed by atoms with Gasteiger partial charge in [-0.3, -0.25) is 4.79 Å². The Morgan fingerprint density at radius 2 is 2.21 bits per heavy atom. The highest BCUT2D eigenvalue weighted by molar-refractivity contribution is 5.26.